The maximum Gasteiger partial charge on any atom is 0.306 e. The number of ether oxygens (including phenoxy) is 1. The number of thiazole rings is 1. The molecule has 1 heterocycles. The Labute approximate surface area is 135 Å². The van der Waals surface area contributed by atoms with E-state index in [1.807, 2.05) is 24.1 Å². The Morgan fingerprint density at radius 3 is 3.19 bits per heavy atom. The van der Waals surface area contributed by atoms with Crippen molar-refractivity contribution < 1.29 is 9.53 Å². The number of carbonyl (C=O) groups is 1. The van der Waals surface area contributed by atoms with Gasteiger partial charge in [0.25, 0.3) is 0 Å². The zero-order valence-electron chi connectivity index (χ0n) is 12.8. The van der Waals surface area contributed by atoms with Gasteiger partial charge in [0.05, 0.1) is 18.7 Å². The summed E-state index contributed by atoms with van der Waals surface area (Å²) in [7, 11) is 0. The number of nitrogens with zero attached hydrogens (tertiary/aromatic N) is 1. The Balaban J connectivity index is 1.78. The smallest absolute Gasteiger partial charge is 0.306 e. The molecule has 1 N–H and O–H groups in total. The minimum absolute atomic E-state index is 0.143. The minimum atomic E-state index is -0.143. The van der Waals surface area contributed by atoms with Crippen molar-refractivity contribution in [2.75, 3.05) is 18.2 Å². The molecule has 1 aliphatic carbocycles. The summed E-state index contributed by atoms with van der Waals surface area (Å²) in [5, 5.41) is 7.36. The maximum atomic E-state index is 11.3. The number of thioether (sulfide) groups is 1. The van der Waals surface area contributed by atoms with E-state index in [-0.39, 0.29) is 5.97 Å². The third-order valence-electron chi connectivity index (χ3n) is 3.73. The molecule has 0 amide bonds. The van der Waals surface area contributed by atoms with Gasteiger partial charge in [-0.3, -0.25) is 4.79 Å². The number of aromatic nitrogens is 1. The summed E-state index contributed by atoms with van der Waals surface area (Å²) in [6.45, 7) is 2.27. The summed E-state index contributed by atoms with van der Waals surface area (Å²) in [6, 6.07) is 0.542. The first-order valence-corrected chi connectivity index (χ1v) is 9.77. The highest BCUT2D eigenvalue weighted by Gasteiger charge is 2.21. The van der Waals surface area contributed by atoms with Crippen LogP contribution in [0.2, 0.25) is 0 Å². The Hall–Kier alpha value is -0.750. The molecular formula is C15H24N2O2S2. The van der Waals surface area contributed by atoms with E-state index in [0.29, 0.717) is 25.5 Å². The van der Waals surface area contributed by atoms with Gasteiger partial charge in [0.1, 0.15) is 0 Å². The third kappa shape index (κ3) is 5.51. The van der Waals surface area contributed by atoms with Crippen LogP contribution < -0.4 is 5.32 Å². The normalized spacial score (nSPS) is 22.0. The molecule has 4 nitrogen and oxygen atoms in total. The first-order valence-electron chi connectivity index (χ1n) is 7.60. The molecule has 118 valence electrons. The number of hydrogen-bond donors (Lipinski definition) is 1. The molecule has 0 saturated heterocycles. The fourth-order valence-electron chi connectivity index (χ4n) is 2.62. The molecule has 1 aromatic rings. The maximum absolute atomic E-state index is 11.3. The zero-order valence-corrected chi connectivity index (χ0v) is 14.4. The zero-order chi connectivity index (χ0) is 15.1. The second-order valence-corrected chi connectivity index (χ2v) is 7.31. The molecule has 2 atom stereocenters. The lowest BCUT2D eigenvalue weighted by Crippen LogP contribution is -2.28. The van der Waals surface area contributed by atoms with E-state index < -0.39 is 0 Å². The number of carbonyl (C=O) groups excluding carboxylic acids is 1. The van der Waals surface area contributed by atoms with Crippen LogP contribution >= 0.6 is 23.1 Å². The van der Waals surface area contributed by atoms with E-state index in [2.05, 4.69) is 16.6 Å². The fraction of sp³-hybridized carbons (Fsp3) is 0.733. The van der Waals surface area contributed by atoms with Crippen molar-refractivity contribution in [2.45, 2.75) is 56.7 Å². The Kier molecular flexibility index (Phi) is 6.83. The van der Waals surface area contributed by atoms with Crippen LogP contribution in [-0.4, -0.2) is 35.1 Å². The number of hydrogen-bond acceptors (Lipinski definition) is 6. The molecule has 0 aliphatic heterocycles. The molecule has 1 aromatic heterocycles. The van der Waals surface area contributed by atoms with Crippen LogP contribution in [0.15, 0.2) is 5.38 Å². The monoisotopic (exact) mass is 328 g/mol. The van der Waals surface area contributed by atoms with Crippen molar-refractivity contribution in [1.29, 1.82) is 0 Å². The molecule has 2 unspecified atom stereocenters. The van der Waals surface area contributed by atoms with Gasteiger partial charge < -0.3 is 10.1 Å². The fourth-order valence-corrected chi connectivity index (χ4v) is 4.27. The summed E-state index contributed by atoms with van der Waals surface area (Å²) >= 11 is 3.61. The van der Waals surface area contributed by atoms with Crippen molar-refractivity contribution in [2.24, 2.45) is 0 Å². The lowest BCUT2D eigenvalue weighted by Gasteiger charge is -2.28. The molecule has 0 bridgehead atoms. The van der Waals surface area contributed by atoms with E-state index in [1.165, 1.54) is 25.7 Å². The quantitative estimate of drug-likeness (QED) is 0.773. The average molecular weight is 329 g/mol. The van der Waals surface area contributed by atoms with Crippen LogP contribution in [0.4, 0.5) is 5.13 Å². The van der Waals surface area contributed by atoms with Crippen molar-refractivity contribution in [3.05, 3.63) is 11.1 Å². The van der Waals surface area contributed by atoms with Crippen molar-refractivity contribution in [3.8, 4) is 0 Å². The first kappa shape index (κ1) is 16.6. The van der Waals surface area contributed by atoms with Crippen molar-refractivity contribution >= 4 is 34.2 Å². The molecule has 0 spiro atoms. The van der Waals surface area contributed by atoms with Gasteiger partial charge in [-0.25, -0.2) is 4.98 Å². The molecular weight excluding hydrogens is 304 g/mol. The Bertz CT molecular complexity index is 451. The largest absolute Gasteiger partial charge is 0.466 e. The molecule has 1 fully saturated rings. The van der Waals surface area contributed by atoms with Crippen LogP contribution in [0.3, 0.4) is 0 Å². The van der Waals surface area contributed by atoms with E-state index in [0.717, 1.165) is 16.1 Å². The van der Waals surface area contributed by atoms with Crippen LogP contribution in [0.1, 0.15) is 44.7 Å². The number of nitrogens with one attached hydrogen (secondary N) is 1. The van der Waals surface area contributed by atoms with Gasteiger partial charge >= 0.3 is 5.97 Å². The predicted octanol–water partition coefficient (Wildman–Crippen LogP) is 3.72. The highest BCUT2D eigenvalue weighted by atomic mass is 32.2. The molecule has 2 rings (SSSR count). The molecule has 1 aliphatic rings. The molecule has 21 heavy (non-hydrogen) atoms. The number of rotatable bonds is 7. The molecule has 6 heteroatoms. The van der Waals surface area contributed by atoms with Gasteiger partial charge in [0.15, 0.2) is 5.13 Å². The van der Waals surface area contributed by atoms with E-state index in [4.69, 9.17) is 4.74 Å². The van der Waals surface area contributed by atoms with Gasteiger partial charge in [0, 0.05) is 23.1 Å². The van der Waals surface area contributed by atoms with Crippen LogP contribution in [0.25, 0.3) is 0 Å². The third-order valence-corrected chi connectivity index (χ3v) is 5.65. The van der Waals surface area contributed by atoms with E-state index >= 15 is 0 Å². The Morgan fingerprint density at radius 1 is 1.57 bits per heavy atom. The number of anilines is 1. The summed E-state index contributed by atoms with van der Waals surface area (Å²) in [6.07, 6.45) is 8.36. The van der Waals surface area contributed by atoms with Gasteiger partial charge in [0.2, 0.25) is 0 Å². The van der Waals surface area contributed by atoms with Gasteiger partial charge in [-0.15, -0.1) is 11.3 Å². The number of aryl methyl sites for hydroxylation is 1. The lowest BCUT2D eigenvalue weighted by atomic mass is 9.95. The first-order chi connectivity index (χ1) is 10.2. The average Bonchev–Trinajstić information content (AvgIpc) is 2.93. The number of esters is 1. The second kappa shape index (κ2) is 8.63. The van der Waals surface area contributed by atoms with Crippen molar-refractivity contribution in [3.63, 3.8) is 0 Å². The summed E-state index contributed by atoms with van der Waals surface area (Å²) in [5.74, 6) is -0.143. The predicted molar refractivity (Wildman–Crippen MR) is 90.2 cm³/mol. The van der Waals surface area contributed by atoms with Crippen molar-refractivity contribution in [1.82, 2.24) is 4.98 Å². The minimum Gasteiger partial charge on any atom is -0.466 e. The summed E-state index contributed by atoms with van der Waals surface area (Å²) in [4.78, 5) is 15.9. The van der Waals surface area contributed by atoms with Crippen LogP contribution in [0.5, 0.6) is 0 Å². The molecule has 1 saturated carbocycles. The highest BCUT2D eigenvalue weighted by Crippen LogP contribution is 2.29. The van der Waals surface area contributed by atoms with Gasteiger partial charge in [-0.1, -0.05) is 6.42 Å². The van der Waals surface area contributed by atoms with E-state index in [1.54, 1.807) is 11.3 Å². The lowest BCUT2D eigenvalue weighted by molar-refractivity contribution is -0.143. The van der Waals surface area contributed by atoms with E-state index in [9.17, 15) is 4.79 Å². The SMILES string of the molecule is CCOC(=O)CCc1csc(NC2CCCC(SC)C2)n1. The summed E-state index contributed by atoms with van der Waals surface area (Å²) in [5.41, 5.74) is 0.979. The summed E-state index contributed by atoms with van der Waals surface area (Å²) < 4.78 is 4.93. The standard InChI is InChI=1S/C15H24N2O2S2/c1-3-19-14(18)8-7-12-10-21-15(17-12)16-11-5-4-6-13(9-11)20-2/h10-11,13H,3-9H2,1-2H3,(H,16,17). The topological polar surface area (TPSA) is 51.2 Å². The molecule has 0 aromatic carbocycles. The highest BCUT2D eigenvalue weighted by molar-refractivity contribution is 7.99. The Morgan fingerprint density at radius 2 is 2.43 bits per heavy atom. The molecule has 0 radical (unpaired) electrons. The van der Waals surface area contributed by atoms with Gasteiger partial charge in [-0.05, 0) is 32.4 Å². The van der Waals surface area contributed by atoms with Crippen LogP contribution in [0, 0.1) is 0 Å². The van der Waals surface area contributed by atoms with Crippen LogP contribution in [-0.2, 0) is 16.0 Å². The second-order valence-electron chi connectivity index (χ2n) is 5.31. The van der Waals surface area contributed by atoms with Gasteiger partial charge in [-0.2, -0.15) is 11.8 Å².